The second-order valence-corrected chi connectivity index (χ2v) is 5.09. The molecule has 20 heavy (non-hydrogen) atoms. The van der Waals surface area contributed by atoms with Crippen molar-refractivity contribution >= 4 is 46.0 Å². The van der Waals surface area contributed by atoms with Gasteiger partial charge in [0.05, 0.1) is 0 Å². The molecule has 2 aromatic rings. The molecule has 0 spiro atoms. The molecule has 5 heteroatoms. The summed E-state index contributed by atoms with van der Waals surface area (Å²) in [5.41, 5.74) is 3.02. The van der Waals surface area contributed by atoms with Crippen molar-refractivity contribution in [1.82, 2.24) is 5.32 Å². The van der Waals surface area contributed by atoms with Crippen molar-refractivity contribution in [3.63, 3.8) is 0 Å². The van der Waals surface area contributed by atoms with Crippen LogP contribution < -0.4 is 16.0 Å². The quantitative estimate of drug-likeness (QED) is 0.738. The van der Waals surface area contributed by atoms with Gasteiger partial charge in [0, 0.05) is 11.4 Å². The Morgan fingerprint density at radius 3 is 2.05 bits per heavy atom. The fourth-order valence-electron chi connectivity index (χ4n) is 1.67. The van der Waals surface area contributed by atoms with E-state index in [-0.39, 0.29) is 0 Å². The lowest BCUT2D eigenvalue weighted by Crippen LogP contribution is -2.37. The van der Waals surface area contributed by atoms with Gasteiger partial charge >= 0.3 is 0 Å². The Morgan fingerprint density at radius 1 is 0.800 bits per heavy atom. The van der Waals surface area contributed by atoms with Gasteiger partial charge in [0.25, 0.3) is 0 Å². The molecule has 0 radical (unpaired) electrons. The average molecular weight is 301 g/mol. The number of anilines is 2. The standard InChI is InChI=1S/C15H15N3S2/c1-11-6-5-9-13(10-11)17-15(20)18-14(19)16-12-7-3-2-4-8-12/h2-10H,1H3,(H3,16,17,18,19,20). The summed E-state index contributed by atoms with van der Waals surface area (Å²) in [6, 6.07) is 17.7. The Labute approximate surface area is 129 Å². The van der Waals surface area contributed by atoms with E-state index >= 15 is 0 Å². The minimum absolute atomic E-state index is 0.460. The van der Waals surface area contributed by atoms with Crippen LogP contribution in [0.1, 0.15) is 5.56 Å². The highest BCUT2D eigenvalue weighted by atomic mass is 32.1. The molecule has 0 aliphatic heterocycles. The fraction of sp³-hybridized carbons (Fsp3) is 0.0667. The molecule has 0 bridgehead atoms. The van der Waals surface area contributed by atoms with Gasteiger partial charge in [0.1, 0.15) is 0 Å². The van der Waals surface area contributed by atoms with E-state index < -0.39 is 0 Å². The number of thiocarbonyl (C=S) groups is 2. The Balaban J connectivity index is 1.87. The second kappa shape index (κ2) is 6.98. The van der Waals surface area contributed by atoms with Gasteiger partial charge in [-0.15, -0.1) is 0 Å². The maximum Gasteiger partial charge on any atom is 0.177 e. The SMILES string of the molecule is Cc1cccc(NC(=S)NC(=S)Nc2ccccc2)c1. The third kappa shape index (κ3) is 4.60. The summed E-state index contributed by atoms with van der Waals surface area (Å²) in [6.45, 7) is 2.03. The van der Waals surface area contributed by atoms with Gasteiger partial charge < -0.3 is 16.0 Å². The number of hydrogen-bond acceptors (Lipinski definition) is 2. The molecule has 2 rings (SSSR count). The number of para-hydroxylation sites is 1. The summed E-state index contributed by atoms with van der Waals surface area (Å²) < 4.78 is 0. The lowest BCUT2D eigenvalue weighted by molar-refractivity contribution is 1.39. The van der Waals surface area contributed by atoms with E-state index in [2.05, 4.69) is 16.0 Å². The Morgan fingerprint density at radius 2 is 1.40 bits per heavy atom. The molecule has 0 amide bonds. The van der Waals surface area contributed by atoms with Gasteiger partial charge in [0.2, 0.25) is 0 Å². The fourth-order valence-corrected chi connectivity index (χ4v) is 2.18. The van der Waals surface area contributed by atoms with Crippen LogP contribution in [-0.2, 0) is 0 Å². The van der Waals surface area contributed by atoms with Gasteiger partial charge in [-0.1, -0.05) is 30.3 Å². The van der Waals surface area contributed by atoms with Crippen molar-refractivity contribution in [2.75, 3.05) is 10.6 Å². The molecule has 0 unspecified atom stereocenters. The normalized spacial score (nSPS) is 9.65. The van der Waals surface area contributed by atoms with E-state index in [0.29, 0.717) is 10.2 Å². The van der Waals surface area contributed by atoms with Crippen LogP contribution in [0, 0.1) is 6.92 Å². The number of rotatable bonds is 2. The number of aryl methyl sites for hydroxylation is 1. The van der Waals surface area contributed by atoms with Crippen molar-refractivity contribution in [2.45, 2.75) is 6.92 Å². The third-order valence-electron chi connectivity index (χ3n) is 2.53. The molecule has 0 atom stereocenters. The highest BCUT2D eigenvalue weighted by molar-refractivity contribution is 7.82. The maximum absolute atomic E-state index is 5.22. The summed E-state index contributed by atoms with van der Waals surface area (Å²) >= 11 is 10.4. The number of nitrogens with one attached hydrogen (secondary N) is 3. The molecule has 0 fully saturated rings. The zero-order valence-corrected chi connectivity index (χ0v) is 12.6. The molecule has 0 saturated carbocycles. The molecule has 102 valence electrons. The first-order valence-corrected chi connectivity index (χ1v) is 6.96. The first-order valence-electron chi connectivity index (χ1n) is 6.14. The van der Waals surface area contributed by atoms with E-state index in [0.717, 1.165) is 11.4 Å². The molecule has 3 N–H and O–H groups in total. The zero-order chi connectivity index (χ0) is 14.4. The molecule has 0 saturated heterocycles. The van der Waals surface area contributed by atoms with E-state index in [4.69, 9.17) is 24.4 Å². The van der Waals surface area contributed by atoms with E-state index in [9.17, 15) is 0 Å². The summed E-state index contributed by atoms with van der Waals surface area (Å²) in [7, 11) is 0. The van der Waals surface area contributed by atoms with Gasteiger partial charge in [-0.05, 0) is 61.2 Å². The minimum atomic E-state index is 0.460. The van der Waals surface area contributed by atoms with E-state index in [1.165, 1.54) is 5.56 Å². The van der Waals surface area contributed by atoms with Crippen LogP contribution in [0.2, 0.25) is 0 Å². The predicted molar refractivity (Wildman–Crippen MR) is 93.2 cm³/mol. The van der Waals surface area contributed by atoms with Crippen molar-refractivity contribution < 1.29 is 0 Å². The molecule has 0 aliphatic rings. The van der Waals surface area contributed by atoms with Gasteiger partial charge in [-0.2, -0.15) is 0 Å². The van der Waals surface area contributed by atoms with Crippen LogP contribution >= 0.6 is 24.4 Å². The monoisotopic (exact) mass is 301 g/mol. The first-order chi connectivity index (χ1) is 9.63. The van der Waals surface area contributed by atoms with Gasteiger partial charge in [0.15, 0.2) is 10.2 Å². The Kier molecular flexibility index (Phi) is 5.03. The smallest absolute Gasteiger partial charge is 0.177 e. The average Bonchev–Trinajstić information content (AvgIpc) is 2.39. The first kappa shape index (κ1) is 14.4. The molecule has 0 heterocycles. The largest absolute Gasteiger partial charge is 0.332 e. The molecular weight excluding hydrogens is 286 g/mol. The minimum Gasteiger partial charge on any atom is -0.332 e. The zero-order valence-electron chi connectivity index (χ0n) is 11.0. The van der Waals surface area contributed by atoms with Crippen molar-refractivity contribution in [2.24, 2.45) is 0 Å². The molecular formula is C15H15N3S2. The Hall–Kier alpha value is -1.98. The van der Waals surface area contributed by atoms with Gasteiger partial charge in [-0.3, -0.25) is 0 Å². The summed E-state index contributed by atoms with van der Waals surface area (Å²) in [6.07, 6.45) is 0. The second-order valence-electron chi connectivity index (χ2n) is 4.27. The number of benzene rings is 2. The molecule has 0 aromatic heterocycles. The third-order valence-corrected chi connectivity index (χ3v) is 2.94. The lowest BCUT2D eigenvalue weighted by atomic mass is 10.2. The summed E-state index contributed by atoms with van der Waals surface area (Å²) in [5, 5.41) is 10.0. The van der Waals surface area contributed by atoms with Gasteiger partial charge in [-0.25, -0.2) is 0 Å². The number of hydrogen-bond donors (Lipinski definition) is 3. The van der Waals surface area contributed by atoms with E-state index in [1.807, 2.05) is 61.5 Å². The summed E-state index contributed by atoms with van der Waals surface area (Å²) in [4.78, 5) is 0. The van der Waals surface area contributed by atoms with Crippen LogP contribution in [0.3, 0.4) is 0 Å². The van der Waals surface area contributed by atoms with Crippen LogP contribution in [0.15, 0.2) is 54.6 Å². The predicted octanol–water partition coefficient (Wildman–Crippen LogP) is 3.68. The Bertz CT molecular complexity index is 612. The van der Waals surface area contributed by atoms with Crippen LogP contribution in [0.5, 0.6) is 0 Å². The van der Waals surface area contributed by atoms with Crippen LogP contribution in [0.25, 0.3) is 0 Å². The van der Waals surface area contributed by atoms with E-state index in [1.54, 1.807) is 0 Å². The van der Waals surface area contributed by atoms with Crippen molar-refractivity contribution in [3.05, 3.63) is 60.2 Å². The van der Waals surface area contributed by atoms with Crippen molar-refractivity contribution in [3.8, 4) is 0 Å². The highest BCUT2D eigenvalue weighted by Gasteiger charge is 2.01. The molecule has 3 nitrogen and oxygen atoms in total. The van der Waals surface area contributed by atoms with Crippen LogP contribution in [-0.4, -0.2) is 10.2 Å². The van der Waals surface area contributed by atoms with Crippen molar-refractivity contribution in [1.29, 1.82) is 0 Å². The summed E-state index contributed by atoms with van der Waals surface area (Å²) in [5.74, 6) is 0. The molecule has 2 aromatic carbocycles. The highest BCUT2D eigenvalue weighted by Crippen LogP contribution is 2.09. The van der Waals surface area contributed by atoms with Crippen LogP contribution in [0.4, 0.5) is 11.4 Å². The molecule has 0 aliphatic carbocycles. The topological polar surface area (TPSA) is 36.1 Å². The lowest BCUT2D eigenvalue weighted by Gasteiger charge is -2.13. The maximum atomic E-state index is 5.22.